The van der Waals surface area contributed by atoms with Crippen molar-refractivity contribution in [2.75, 3.05) is 11.4 Å². The van der Waals surface area contributed by atoms with Crippen molar-refractivity contribution < 1.29 is 9.90 Å². The molecular weight excluding hydrogens is 226 g/mol. The van der Waals surface area contributed by atoms with Gasteiger partial charge in [-0.05, 0) is 37.3 Å². The Bertz CT molecular complexity index is 424. The van der Waals surface area contributed by atoms with Crippen molar-refractivity contribution in [3.05, 3.63) is 29.8 Å². The highest BCUT2D eigenvalue weighted by molar-refractivity contribution is 5.94. The molecule has 0 radical (unpaired) electrons. The average molecular weight is 247 g/mol. The topological polar surface area (TPSA) is 40.5 Å². The number of rotatable bonds is 6. The fourth-order valence-electron chi connectivity index (χ4n) is 2.19. The minimum atomic E-state index is -0.833. The van der Waals surface area contributed by atoms with Crippen LogP contribution >= 0.6 is 0 Å². The van der Waals surface area contributed by atoms with Crippen LogP contribution in [0.3, 0.4) is 0 Å². The maximum Gasteiger partial charge on any atom is 0.337 e. The quantitative estimate of drug-likeness (QED) is 0.837. The molecule has 0 heterocycles. The fourth-order valence-corrected chi connectivity index (χ4v) is 2.19. The normalized spacial score (nSPS) is 14.8. The molecule has 2 rings (SSSR count). The first-order valence-corrected chi connectivity index (χ1v) is 6.68. The molecular formula is C15H21NO2. The van der Waals surface area contributed by atoms with Crippen molar-refractivity contribution in [3.8, 4) is 0 Å². The van der Waals surface area contributed by atoms with Crippen LogP contribution in [0.1, 0.15) is 43.5 Å². The van der Waals surface area contributed by atoms with Crippen LogP contribution in [0.5, 0.6) is 0 Å². The Kier molecular flexibility index (Phi) is 3.90. The number of benzene rings is 1. The molecule has 0 unspecified atom stereocenters. The number of carboxylic acids is 1. The van der Waals surface area contributed by atoms with Crippen molar-refractivity contribution in [1.29, 1.82) is 0 Å². The molecule has 1 fully saturated rings. The summed E-state index contributed by atoms with van der Waals surface area (Å²) in [5.41, 5.74) is 1.31. The molecule has 0 amide bonds. The third-order valence-corrected chi connectivity index (χ3v) is 3.38. The lowest BCUT2D eigenvalue weighted by atomic mass is 10.1. The minimum Gasteiger partial charge on any atom is -0.478 e. The van der Waals surface area contributed by atoms with E-state index in [1.54, 1.807) is 12.1 Å². The molecule has 0 bridgehead atoms. The van der Waals surface area contributed by atoms with Crippen LogP contribution in [0.4, 0.5) is 5.69 Å². The lowest BCUT2D eigenvalue weighted by Crippen LogP contribution is -2.29. The van der Waals surface area contributed by atoms with Crippen LogP contribution in [-0.4, -0.2) is 23.7 Å². The van der Waals surface area contributed by atoms with E-state index in [0.29, 0.717) is 17.5 Å². The second-order valence-electron chi connectivity index (χ2n) is 5.43. The summed E-state index contributed by atoms with van der Waals surface area (Å²) in [7, 11) is 0. The van der Waals surface area contributed by atoms with Gasteiger partial charge in [-0.2, -0.15) is 0 Å². The lowest BCUT2D eigenvalue weighted by molar-refractivity contribution is 0.0697. The summed E-state index contributed by atoms with van der Waals surface area (Å²) in [5, 5.41) is 9.27. The molecule has 0 aromatic heterocycles. The van der Waals surface area contributed by atoms with Crippen molar-refractivity contribution in [2.24, 2.45) is 5.92 Å². The van der Waals surface area contributed by atoms with Gasteiger partial charge in [0.15, 0.2) is 0 Å². The number of carboxylic acid groups (broad SMARTS) is 1. The SMILES string of the molecule is CC(C)CCN(c1ccccc1C(=O)O)C1CC1. The fraction of sp³-hybridized carbons (Fsp3) is 0.533. The van der Waals surface area contributed by atoms with Crippen LogP contribution in [0.25, 0.3) is 0 Å². The molecule has 3 heteroatoms. The molecule has 1 aromatic carbocycles. The lowest BCUT2D eigenvalue weighted by Gasteiger charge is -2.27. The van der Waals surface area contributed by atoms with Gasteiger partial charge in [0.05, 0.1) is 11.3 Å². The van der Waals surface area contributed by atoms with E-state index in [9.17, 15) is 9.90 Å². The summed E-state index contributed by atoms with van der Waals surface area (Å²) in [6.45, 7) is 5.36. The molecule has 0 spiro atoms. The highest BCUT2D eigenvalue weighted by Crippen LogP contribution is 2.34. The van der Waals surface area contributed by atoms with E-state index in [1.807, 2.05) is 12.1 Å². The number of para-hydroxylation sites is 1. The summed E-state index contributed by atoms with van der Waals surface area (Å²) >= 11 is 0. The number of hydrogen-bond donors (Lipinski definition) is 1. The average Bonchev–Trinajstić information content (AvgIpc) is 3.14. The van der Waals surface area contributed by atoms with Gasteiger partial charge in [-0.3, -0.25) is 0 Å². The zero-order valence-electron chi connectivity index (χ0n) is 11.1. The maximum absolute atomic E-state index is 11.3. The largest absolute Gasteiger partial charge is 0.478 e. The molecule has 1 aromatic rings. The van der Waals surface area contributed by atoms with Gasteiger partial charge in [-0.15, -0.1) is 0 Å². The van der Waals surface area contributed by atoms with Gasteiger partial charge in [-0.1, -0.05) is 26.0 Å². The van der Waals surface area contributed by atoms with Gasteiger partial charge in [-0.25, -0.2) is 4.79 Å². The Balaban J connectivity index is 2.22. The van der Waals surface area contributed by atoms with Gasteiger partial charge in [0.1, 0.15) is 0 Å². The van der Waals surface area contributed by atoms with Crippen molar-refractivity contribution in [1.82, 2.24) is 0 Å². The molecule has 0 aliphatic heterocycles. The first kappa shape index (κ1) is 12.9. The van der Waals surface area contributed by atoms with Crippen molar-refractivity contribution in [2.45, 2.75) is 39.2 Å². The molecule has 18 heavy (non-hydrogen) atoms. The molecule has 1 aliphatic rings. The first-order chi connectivity index (χ1) is 8.59. The molecule has 1 saturated carbocycles. The van der Waals surface area contributed by atoms with E-state index >= 15 is 0 Å². The Hall–Kier alpha value is -1.51. The van der Waals surface area contributed by atoms with Gasteiger partial charge < -0.3 is 10.0 Å². The zero-order valence-corrected chi connectivity index (χ0v) is 11.1. The number of carbonyl (C=O) groups is 1. The highest BCUT2D eigenvalue weighted by Gasteiger charge is 2.31. The van der Waals surface area contributed by atoms with Crippen LogP contribution in [0.15, 0.2) is 24.3 Å². The smallest absolute Gasteiger partial charge is 0.337 e. The zero-order chi connectivity index (χ0) is 13.1. The molecule has 3 nitrogen and oxygen atoms in total. The predicted molar refractivity (Wildman–Crippen MR) is 73.2 cm³/mol. The third kappa shape index (κ3) is 3.03. The molecule has 0 atom stereocenters. The number of anilines is 1. The Morgan fingerprint density at radius 1 is 1.39 bits per heavy atom. The number of nitrogens with zero attached hydrogens (tertiary/aromatic N) is 1. The Labute approximate surface area is 108 Å². The van der Waals surface area contributed by atoms with E-state index in [-0.39, 0.29) is 0 Å². The summed E-state index contributed by atoms with van der Waals surface area (Å²) in [4.78, 5) is 13.6. The Morgan fingerprint density at radius 2 is 2.06 bits per heavy atom. The van der Waals surface area contributed by atoms with Crippen LogP contribution in [0, 0.1) is 5.92 Å². The van der Waals surface area contributed by atoms with Crippen LogP contribution < -0.4 is 4.90 Å². The van der Waals surface area contributed by atoms with Crippen molar-refractivity contribution >= 4 is 11.7 Å². The van der Waals surface area contributed by atoms with Crippen LogP contribution in [0.2, 0.25) is 0 Å². The first-order valence-electron chi connectivity index (χ1n) is 6.68. The van der Waals surface area contributed by atoms with E-state index in [2.05, 4.69) is 18.7 Å². The van der Waals surface area contributed by atoms with Gasteiger partial charge in [0.2, 0.25) is 0 Å². The summed E-state index contributed by atoms with van der Waals surface area (Å²) in [6, 6.07) is 7.89. The summed E-state index contributed by atoms with van der Waals surface area (Å²) in [6.07, 6.45) is 3.47. The monoisotopic (exact) mass is 247 g/mol. The summed E-state index contributed by atoms with van der Waals surface area (Å²) < 4.78 is 0. The van der Waals surface area contributed by atoms with Gasteiger partial charge >= 0.3 is 5.97 Å². The van der Waals surface area contributed by atoms with E-state index < -0.39 is 5.97 Å². The van der Waals surface area contributed by atoms with Crippen molar-refractivity contribution in [3.63, 3.8) is 0 Å². The van der Waals surface area contributed by atoms with Gasteiger partial charge in [0.25, 0.3) is 0 Å². The number of aromatic carboxylic acids is 1. The minimum absolute atomic E-state index is 0.424. The van der Waals surface area contributed by atoms with E-state index in [4.69, 9.17) is 0 Å². The highest BCUT2D eigenvalue weighted by atomic mass is 16.4. The predicted octanol–water partition coefficient (Wildman–Crippen LogP) is 3.40. The maximum atomic E-state index is 11.3. The van der Waals surface area contributed by atoms with E-state index in [0.717, 1.165) is 18.7 Å². The molecule has 0 saturated heterocycles. The van der Waals surface area contributed by atoms with Crippen LogP contribution in [-0.2, 0) is 0 Å². The standard InChI is InChI=1S/C15H21NO2/c1-11(2)9-10-16(12-7-8-12)14-6-4-3-5-13(14)15(17)18/h3-6,11-12H,7-10H2,1-2H3,(H,17,18). The molecule has 98 valence electrons. The summed E-state index contributed by atoms with van der Waals surface area (Å²) in [5.74, 6) is -0.191. The number of hydrogen-bond acceptors (Lipinski definition) is 2. The molecule has 1 aliphatic carbocycles. The third-order valence-electron chi connectivity index (χ3n) is 3.38. The molecule has 1 N–H and O–H groups in total. The van der Waals surface area contributed by atoms with Gasteiger partial charge in [0, 0.05) is 12.6 Å². The second kappa shape index (κ2) is 5.42. The second-order valence-corrected chi connectivity index (χ2v) is 5.43. The van der Waals surface area contributed by atoms with E-state index in [1.165, 1.54) is 12.8 Å². The Morgan fingerprint density at radius 3 is 2.61 bits per heavy atom.